The number of nitro groups is 1. The van der Waals surface area contributed by atoms with E-state index in [2.05, 4.69) is 10.3 Å². The van der Waals surface area contributed by atoms with E-state index in [0.29, 0.717) is 26.7 Å². The Hall–Kier alpha value is -3.00. The van der Waals surface area contributed by atoms with E-state index in [1.807, 2.05) is 26.0 Å². The number of rotatable bonds is 4. The van der Waals surface area contributed by atoms with Gasteiger partial charge in [0.1, 0.15) is 5.52 Å². The van der Waals surface area contributed by atoms with Gasteiger partial charge in [0.05, 0.1) is 22.8 Å². The van der Waals surface area contributed by atoms with Gasteiger partial charge in [-0.25, -0.2) is 4.98 Å². The van der Waals surface area contributed by atoms with Crippen LogP contribution in [-0.2, 0) is 0 Å². The first-order valence-electron chi connectivity index (χ1n) is 7.40. The molecule has 2 aromatic carbocycles. The number of nitrogens with one attached hydrogen (secondary N) is 1. The molecule has 0 unspecified atom stereocenters. The molecule has 0 aliphatic carbocycles. The largest absolute Gasteiger partial charge is 0.494 e. The normalized spacial score (nSPS) is 10.7. The fourth-order valence-corrected chi connectivity index (χ4v) is 3.44. The number of nitrogens with zero attached hydrogens (tertiary/aromatic N) is 2. The highest BCUT2D eigenvalue weighted by Crippen LogP contribution is 2.36. The summed E-state index contributed by atoms with van der Waals surface area (Å²) in [4.78, 5) is 27.3. The van der Waals surface area contributed by atoms with Gasteiger partial charge in [0.15, 0.2) is 10.9 Å². The second kappa shape index (κ2) is 6.48. The lowest BCUT2D eigenvalue weighted by atomic mass is 10.1. The molecule has 7 nitrogen and oxygen atoms in total. The van der Waals surface area contributed by atoms with Crippen LogP contribution < -0.4 is 10.1 Å². The maximum atomic E-state index is 12.5. The highest BCUT2D eigenvalue weighted by molar-refractivity contribution is 7.22. The molecule has 25 heavy (non-hydrogen) atoms. The summed E-state index contributed by atoms with van der Waals surface area (Å²) in [5.41, 5.74) is 2.90. The molecule has 1 amide bonds. The van der Waals surface area contributed by atoms with Crippen molar-refractivity contribution in [2.24, 2.45) is 0 Å². The van der Waals surface area contributed by atoms with Gasteiger partial charge < -0.3 is 4.74 Å². The zero-order valence-electron chi connectivity index (χ0n) is 13.8. The Kier molecular flexibility index (Phi) is 4.37. The number of methoxy groups -OCH3 is 1. The Morgan fingerprint density at radius 3 is 2.68 bits per heavy atom. The molecule has 0 atom stereocenters. The van der Waals surface area contributed by atoms with Gasteiger partial charge in [-0.15, -0.1) is 0 Å². The maximum Gasteiger partial charge on any atom is 0.274 e. The minimum Gasteiger partial charge on any atom is -0.494 e. The summed E-state index contributed by atoms with van der Waals surface area (Å²) in [6, 6.07) is 8.30. The topological polar surface area (TPSA) is 94.4 Å². The first-order valence-corrected chi connectivity index (χ1v) is 8.22. The number of nitro benzene ring substituents is 1. The van der Waals surface area contributed by atoms with Gasteiger partial charge in [-0.1, -0.05) is 29.0 Å². The smallest absolute Gasteiger partial charge is 0.274 e. The molecule has 0 saturated heterocycles. The van der Waals surface area contributed by atoms with Crippen molar-refractivity contribution < 1.29 is 14.5 Å². The van der Waals surface area contributed by atoms with Gasteiger partial charge in [-0.05, 0) is 25.5 Å². The zero-order valence-corrected chi connectivity index (χ0v) is 14.6. The van der Waals surface area contributed by atoms with E-state index in [1.54, 1.807) is 6.07 Å². The van der Waals surface area contributed by atoms with Crippen molar-refractivity contribution in [2.75, 3.05) is 12.4 Å². The summed E-state index contributed by atoms with van der Waals surface area (Å²) in [7, 11) is 1.42. The van der Waals surface area contributed by atoms with Gasteiger partial charge in [0, 0.05) is 11.6 Å². The molecule has 3 rings (SSSR count). The molecule has 0 bridgehead atoms. The van der Waals surface area contributed by atoms with Crippen LogP contribution in [0.1, 0.15) is 21.5 Å². The molecular weight excluding hydrogens is 342 g/mol. The number of aryl methyl sites for hydroxylation is 2. The van der Waals surface area contributed by atoms with E-state index < -0.39 is 4.92 Å². The summed E-state index contributed by atoms with van der Waals surface area (Å²) < 4.78 is 5.75. The van der Waals surface area contributed by atoms with Crippen molar-refractivity contribution >= 4 is 38.3 Å². The molecule has 1 aromatic heterocycles. The minimum absolute atomic E-state index is 0.0831. The molecule has 0 fully saturated rings. The van der Waals surface area contributed by atoms with E-state index >= 15 is 0 Å². The summed E-state index contributed by atoms with van der Waals surface area (Å²) in [5, 5.41) is 14.1. The lowest BCUT2D eigenvalue weighted by Crippen LogP contribution is -2.13. The van der Waals surface area contributed by atoms with Crippen LogP contribution >= 0.6 is 11.3 Å². The Morgan fingerprint density at radius 2 is 2.04 bits per heavy atom. The Balaban J connectivity index is 1.96. The summed E-state index contributed by atoms with van der Waals surface area (Å²) in [6.07, 6.45) is 0. The van der Waals surface area contributed by atoms with Gasteiger partial charge in [-0.3, -0.25) is 20.2 Å². The van der Waals surface area contributed by atoms with Gasteiger partial charge in [-0.2, -0.15) is 0 Å². The van der Waals surface area contributed by atoms with Crippen LogP contribution in [0, 0.1) is 24.0 Å². The SMILES string of the molecule is COc1cc([N+](=O)[O-])cc2sc(NC(=O)c3ccc(C)cc3C)nc12. The van der Waals surface area contributed by atoms with Crippen molar-refractivity contribution in [3.8, 4) is 5.75 Å². The van der Waals surface area contributed by atoms with E-state index in [1.165, 1.54) is 19.2 Å². The van der Waals surface area contributed by atoms with Crippen LogP contribution in [0.3, 0.4) is 0 Å². The minimum atomic E-state index is -0.490. The predicted molar refractivity (Wildman–Crippen MR) is 96.7 cm³/mol. The van der Waals surface area contributed by atoms with Crippen molar-refractivity contribution in [1.82, 2.24) is 4.98 Å². The van der Waals surface area contributed by atoms with Crippen molar-refractivity contribution in [2.45, 2.75) is 13.8 Å². The number of amides is 1. The highest BCUT2D eigenvalue weighted by Gasteiger charge is 2.18. The Morgan fingerprint density at radius 1 is 1.28 bits per heavy atom. The third-order valence-corrected chi connectivity index (χ3v) is 4.64. The number of non-ortho nitro benzene ring substituents is 1. The van der Waals surface area contributed by atoms with E-state index in [4.69, 9.17) is 4.74 Å². The van der Waals surface area contributed by atoms with Gasteiger partial charge >= 0.3 is 0 Å². The number of fused-ring (bicyclic) bond motifs is 1. The number of aromatic nitrogens is 1. The molecule has 0 radical (unpaired) electrons. The molecule has 1 heterocycles. The second-order valence-corrected chi connectivity index (χ2v) is 6.57. The molecule has 128 valence electrons. The average molecular weight is 357 g/mol. The maximum absolute atomic E-state index is 12.5. The fraction of sp³-hybridized carbons (Fsp3) is 0.176. The molecule has 3 aromatic rings. The third kappa shape index (κ3) is 3.29. The van der Waals surface area contributed by atoms with Crippen LogP contribution in [-0.4, -0.2) is 22.9 Å². The summed E-state index contributed by atoms with van der Waals surface area (Å²) >= 11 is 1.16. The van der Waals surface area contributed by atoms with Crippen LogP contribution in [0.2, 0.25) is 0 Å². The standard InChI is InChI=1S/C17H15N3O4S/c1-9-4-5-12(10(2)6-9)16(21)19-17-18-15-13(24-3)7-11(20(22)23)8-14(15)25-17/h4-8H,1-3H3,(H,18,19,21). The molecule has 1 N–H and O–H groups in total. The van der Waals surface area contributed by atoms with E-state index in [0.717, 1.165) is 22.5 Å². The van der Waals surface area contributed by atoms with Crippen molar-refractivity contribution in [3.05, 3.63) is 57.1 Å². The summed E-state index contributed by atoms with van der Waals surface area (Å²) in [6.45, 7) is 3.83. The van der Waals surface area contributed by atoms with Crippen molar-refractivity contribution in [3.63, 3.8) is 0 Å². The van der Waals surface area contributed by atoms with Crippen molar-refractivity contribution in [1.29, 1.82) is 0 Å². The number of carbonyl (C=O) groups is 1. The number of hydrogen-bond donors (Lipinski definition) is 1. The third-order valence-electron chi connectivity index (χ3n) is 3.72. The Bertz CT molecular complexity index is 997. The van der Waals surface area contributed by atoms with Gasteiger partial charge in [0.2, 0.25) is 0 Å². The molecule has 0 aliphatic heterocycles. The monoisotopic (exact) mass is 357 g/mol. The molecule has 8 heteroatoms. The first-order chi connectivity index (χ1) is 11.9. The average Bonchev–Trinajstić information content (AvgIpc) is 2.95. The van der Waals surface area contributed by atoms with Gasteiger partial charge in [0.25, 0.3) is 11.6 Å². The van der Waals surface area contributed by atoms with E-state index in [9.17, 15) is 14.9 Å². The van der Waals surface area contributed by atoms with Crippen LogP contribution in [0.15, 0.2) is 30.3 Å². The highest BCUT2D eigenvalue weighted by atomic mass is 32.1. The quantitative estimate of drug-likeness (QED) is 0.561. The number of anilines is 1. The first kappa shape index (κ1) is 16.8. The summed E-state index contributed by atoms with van der Waals surface area (Å²) in [5.74, 6) is 0.0255. The predicted octanol–water partition coefficient (Wildman–Crippen LogP) is 4.08. The number of hydrogen-bond acceptors (Lipinski definition) is 6. The van der Waals surface area contributed by atoms with Crippen LogP contribution in [0.25, 0.3) is 10.2 Å². The van der Waals surface area contributed by atoms with E-state index in [-0.39, 0.29) is 11.6 Å². The lowest BCUT2D eigenvalue weighted by Gasteiger charge is -2.06. The molecule has 0 spiro atoms. The molecular formula is C17H15N3O4S. The second-order valence-electron chi connectivity index (χ2n) is 5.54. The fourth-order valence-electron chi connectivity index (χ4n) is 2.53. The lowest BCUT2D eigenvalue weighted by molar-refractivity contribution is -0.384. The number of benzene rings is 2. The molecule has 0 aliphatic rings. The zero-order chi connectivity index (χ0) is 18.1. The number of carbonyl (C=O) groups excluding carboxylic acids is 1. The number of thiazole rings is 1. The van der Waals surface area contributed by atoms with Crippen LogP contribution in [0.4, 0.5) is 10.8 Å². The Labute approximate surface area is 147 Å². The molecule has 0 saturated carbocycles. The number of ether oxygens (including phenoxy) is 1. The van der Waals surface area contributed by atoms with Crippen LogP contribution in [0.5, 0.6) is 5.75 Å².